The number of hydrogen-bond donors (Lipinski definition) is 1. The van der Waals surface area contributed by atoms with Crippen molar-refractivity contribution in [2.75, 3.05) is 4.90 Å². The van der Waals surface area contributed by atoms with Crippen LogP contribution in [0, 0.1) is 13.8 Å². The van der Waals surface area contributed by atoms with E-state index >= 15 is 0 Å². The molecule has 0 unspecified atom stereocenters. The van der Waals surface area contributed by atoms with Crippen LogP contribution >= 0.6 is 15.9 Å². The van der Waals surface area contributed by atoms with Gasteiger partial charge in [-0.3, -0.25) is 9.59 Å². The lowest BCUT2D eigenvalue weighted by Crippen LogP contribution is -2.41. The SMILES string of the molecule is Cc1ccc(C)c(CN2C(=O)[C@@](O)(CC(=O)c3ccco3)c3cc(Br)ccc32)c1. The van der Waals surface area contributed by atoms with E-state index in [0.29, 0.717) is 17.8 Å². The summed E-state index contributed by atoms with van der Waals surface area (Å²) in [7, 11) is 0. The normalized spacial score (nSPS) is 18.2. The molecule has 1 aliphatic rings. The summed E-state index contributed by atoms with van der Waals surface area (Å²) in [6, 6.07) is 14.5. The molecule has 148 valence electrons. The van der Waals surface area contributed by atoms with E-state index < -0.39 is 17.3 Å². The van der Waals surface area contributed by atoms with Crippen LogP contribution in [-0.4, -0.2) is 16.8 Å². The molecule has 0 saturated carbocycles. The molecule has 0 fully saturated rings. The Labute approximate surface area is 177 Å². The molecule has 0 radical (unpaired) electrons. The maximum Gasteiger partial charge on any atom is 0.264 e. The Balaban J connectivity index is 1.75. The van der Waals surface area contributed by atoms with Gasteiger partial charge in [0, 0.05) is 10.0 Å². The minimum atomic E-state index is -1.94. The summed E-state index contributed by atoms with van der Waals surface area (Å²) in [6.45, 7) is 4.31. The quantitative estimate of drug-likeness (QED) is 0.569. The largest absolute Gasteiger partial charge is 0.461 e. The van der Waals surface area contributed by atoms with Crippen molar-refractivity contribution in [2.24, 2.45) is 0 Å². The molecule has 0 bridgehead atoms. The van der Waals surface area contributed by atoms with Crippen molar-refractivity contribution in [3.8, 4) is 0 Å². The molecule has 5 nitrogen and oxygen atoms in total. The Bertz CT molecular complexity index is 1110. The summed E-state index contributed by atoms with van der Waals surface area (Å²) in [4.78, 5) is 27.6. The first-order valence-corrected chi connectivity index (χ1v) is 10.1. The number of aliphatic hydroxyl groups is 1. The van der Waals surface area contributed by atoms with Crippen molar-refractivity contribution in [2.45, 2.75) is 32.4 Å². The number of aryl methyl sites for hydroxylation is 2. The van der Waals surface area contributed by atoms with E-state index in [0.717, 1.165) is 21.2 Å². The molecule has 3 aromatic rings. The van der Waals surface area contributed by atoms with Gasteiger partial charge in [-0.1, -0.05) is 39.7 Å². The second kappa shape index (κ2) is 7.28. The highest BCUT2D eigenvalue weighted by Gasteiger charge is 2.51. The minimum absolute atomic E-state index is 0.121. The number of hydrogen-bond acceptors (Lipinski definition) is 4. The third kappa shape index (κ3) is 3.43. The van der Waals surface area contributed by atoms with Crippen LogP contribution < -0.4 is 4.90 Å². The summed E-state index contributed by atoms with van der Waals surface area (Å²) in [6.07, 6.45) is 1.01. The summed E-state index contributed by atoms with van der Waals surface area (Å²) < 4.78 is 5.88. The van der Waals surface area contributed by atoms with Crippen LogP contribution in [0.25, 0.3) is 0 Å². The van der Waals surface area contributed by atoms with Gasteiger partial charge in [-0.15, -0.1) is 0 Å². The van der Waals surface area contributed by atoms with Gasteiger partial charge in [-0.05, 0) is 55.3 Å². The zero-order valence-electron chi connectivity index (χ0n) is 16.1. The molecule has 6 heteroatoms. The van der Waals surface area contributed by atoms with Gasteiger partial charge in [0.25, 0.3) is 5.91 Å². The smallest absolute Gasteiger partial charge is 0.264 e. The highest BCUT2D eigenvalue weighted by atomic mass is 79.9. The standard InChI is InChI=1S/C23H20BrNO4/c1-14-5-6-15(2)16(10-14)13-25-19-8-7-17(24)11-18(19)23(28,22(25)27)12-20(26)21-4-3-9-29-21/h3-11,28H,12-13H2,1-2H3/t23-/m1/s1. The molecule has 4 rings (SSSR count). The second-order valence-corrected chi connectivity index (χ2v) is 8.34. The fourth-order valence-corrected chi connectivity index (χ4v) is 4.11. The van der Waals surface area contributed by atoms with Crippen LogP contribution in [0.2, 0.25) is 0 Å². The lowest BCUT2D eigenvalue weighted by molar-refractivity contribution is -0.136. The van der Waals surface area contributed by atoms with Gasteiger partial charge in [0.2, 0.25) is 5.78 Å². The van der Waals surface area contributed by atoms with Gasteiger partial charge in [0.05, 0.1) is 24.9 Å². The Morgan fingerprint density at radius 1 is 1.17 bits per heavy atom. The molecule has 0 saturated heterocycles. The summed E-state index contributed by atoms with van der Waals surface area (Å²) in [5, 5.41) is 11.4. The third-order valence-corrected chi connectivity index (χ3v) is 5.83. The summed E-state index contributed by atoms with van der Waals surface area (Å²) >= 11 is 3.40. The van der Waals surface area contributed by atoms with Crippen LogP contribution in [0.15, 0.2) is 63.7 Å². The number of anilines is 1. The molecule has 2 heterocycles. The Kier molecular flexibility index (Phi) is 4.92. The lowest BCUT2D eigenvalue weighted by atomic mass is 9.89. The number of benzene rings is 2. The van der Waals surface area contributed by atoms with E-state index in [4.69, 9.17) is 4.42 Å². The number of Topliss-reactive ketones (excluding diaryl/α,β-unsaturated/α-hetero) is 1. The van der Waals surface area contributed by atoms with E-state index in [-0.39, 0.29) is 12.2 Å². The maximum absolute atomic E-state index is 13.4. The molecule has 0 aliphatic carbocycles. The molecule has 0 spiro atoms. The molecule has 1 amide bonds. The molecule has 1 atom stereocenters. The van der Waals surface area contributed by atoms with Crippen LogP contribution in [-0.2, 0) is 16.9 Å². The fraction of sp³-hybridized carbons (Fsp3) is 0.217. The molecular weight excluding hydrogens is 434 g/mol. The van der Waals surface area contributed by atoms with E-state index in [9.17, 15) is 14.7 Å². The number of amides is 1. The van der Waals surface area contributed by atoms with E-state index in [1.165, 1.54) is 12.3 Å². The zero-order valence-corrected chi connectivity index (χ0v) is 17.7. The van der Waals surface area contributed by atoms with Crippen molar-refractivity contribution in [1.29, 1.82) is 0 Å². The molecule has 2 aromatic carbocycles. The molecular formula is C23H20BrNO4. The van der Waals surface area contributed by atoms with Crippen LogP contribution in [0.5, 0.6) is 0 Å². The van der Waals surface area contributed by atoms with Crippen molar-refractivity contribution < 1.29 is 19.1 Å². The van der Waals surface area contributed by atoms with Gasteiger partial charge in [-0.25, -0.2) is 0 Å². The minimum Gasteiger partial charge on any atom is -0.461 e. The average Bonchev–Trinajstić information content (AvgIpc) is 3.28. The highest BCUT2D eigenvalue weighted by molar-refractivity contribution is 9.10. The predicted octanol–water partition coefficient (Wildman–Crippen LogP) is 4.67. The predicted molar refractivity (Wildman–Crippen MR) is 113 cm³/mol. The van der Waals surface area contributed by atoms with Crippen LogP contribution in [0.3, 0.4) is 0 Å². The van der Waals surface area contributed by atoms with Crippen molar-refractivity contribution >= 4 is 33.3 Å². The number of nitrogens with zero attached hydrogens (tertiary/aromatic N) is 1. The van der Waals surface area contributed by atoms with E-state index in [1.807, 2.05) is 38.1 Å². The van der Waals surface area contributed by atoms with E-state index in [1.54, 1.807) is 23.1 Å². The van der Waals surface area contributed by atoms with Gasteiger partial charge in [0.15, 0.2) is 11.4 Å². The van der Waals surface area contributed by atoms with Crippen molar-refractivity contribution in [1.82, 2.24) is 0 Å². The summed E-state index contributed by atoms with van der Waals surface area (Å²) in [5.41, 5.74) is 2.23. The highest BCUT2D eigenvalue weighted by Crippen LogP contribution is 2.45. The monoisotopic (exact) mass is 453 g/mol. The Morgan fingerprint density at radius 3 is 2.69 bits per heavy atom. The van der Waals surface area contributed by atoms with Gasteiger partial charge in [-0.2, -0.15) is 0 Å². The van der Waals surface area contributed by atoms with E-state index in [2.05, 4.69) is 15.9 Å². The van der Waals surface area contributed by atoms with Crippen LogP contribution in [0.4, 0.5) is 5.69 Å². The second-order valence-electron chi connectivity index (χ2n) is 7.42. The maximum atomic E-state index is 13.4. The number of fused-ring (bicyclic) bond motifs is 1. The number of halogens is 1. The number of ketones is 1. The van der Waals surface area contributed by atoms with Gasteiger partial charge >= 0.3 is 0 Å². The number of rotatable bonds is 5. The number of carbonyl (C=O) groups excluding carboxylic acids is 2. The van der Waals surface area contributed by atoms with Gasteiger partial charge < -0.3 is 14.4 Å². The summed E-state index contributed by atoms with van der Waals surface area (Å²) in [5.74, 6) is -0.812. The molecule has 1 aromatic heterocycles. The molecule has 29 heavy (non-hydrogen) atoms. The number of carbonyl (C=O) groups is 2. The molecule has 1 N–H and O–H groups in total. The van der Waals surface area contributed by atoms with Crippen molar-refractivity contribution in [3.63, 3.8) is 0 Å². The molecule has 1 aliphatic heterocycles. The first-order chi connectivity index (χ1) is 13.8. The third-order valence-electron chi connectivity index (χ3n) is 5.34. The Morgan fingerprint density at radius 2 is 1.97 bits per heavy atom. The first kappa shape index (κ1) is 19.6. The topological polar surface area (TPSA) is 70.8 Å². The first-order valence-electron chi connectivity index (χ1n) is 9.27. The zero-order chi connectivity index (χ0) is 20.8. The van der Waals surface area contributed by atoms with Crippen molar-refractivity contribution in [3.05, 3.63) is 87.3 Å². The van der Waals surface area contributed by atoms with Crippen LogP contribution in [0.1, 0.15) is 39.2 Å². The number of furan rings is 1. The lowest BCUT2D eigenvalue weighted by Gasteiger charge is -2.23. The fourth-order valence-electron chi connectivity index (χ4n) is 3.75. The Hall–Kier alpha value is -2.70. The van der Waals surface area contributed by atoms with Gasteiger partial charge in [0.1, 0.15) is 0 Å². The average molecular weight is 454 g/mol.